The minimum absolute atomic E-state index is 0.107. The van der Waals surface area contributed by atoms with E-state index >= 15 is 0 Å². The second-order valence-corrected chi connectivity index (χ2v) is 5.27. The van der Waals surface area contributed by atoms with Crippen LogP contribution in [0.25, 0.3) is 0 Å². The lowest BCUT2D eigenvalue weighted by Crippen LogP contribution is -2.27. The molecule has 1 unspecified atom stereocenters. The summed E-state index contributed by atoms with van der Waals surface area (Å²) in [6.45, 7) is 1.77. The van der Waals surface area contributed by atoms with Gasteiger partial charge in [-0.05, 0) is 42.8 Å². The second kappa shape index (κ2) is 4.80. The lowest BCUT2D eigenvalue weighted by molar-refractivity contribution is 0.0994. The van der Waals surface area contributed by atoms with Gasteiger partial charge in [0.25, 0.3) is 5.91 Å². The summed E-state index contributed by atoms with van der Waals surface area (Å²) in [5, 5.41) is 19.3. The Labute approximate surface area is 126 Å². The van der Waals surface area contributed by atoms with Crippen LogP contribution >= 0.6 is 11.6 Å². The van der Waals surface area contributed by atoms with Crippen LogP contribution in [0.3, 0.4) is 0 Å². The Morgan fingerprint density at radius 1 is 1.24 bits per heavy atom. The zero-order chi connectivity index (χ0) is 15.1. The molecule has 0 saturated heterocycles. The van der Waals surface area contributed by atoms with Crippen LogP contribution in [0.4, 0.5) is 5.69 Å². The van der Waals surface area contributed by atoms with Crippen molar-refractivity contribution in [3.63, 3.8) is 0 Å². The summed E-state index contributed by atoms with van der Waals surface area (Å²) < 4.78 is 0. The van der Waals surface area contributed by atoms with Gasteiger partial charge in [0.1, 0.15) is 5.75 Å². The van der Waals surface area contributed by atoms with Gasteiger partial charge in [0.15, 0.2) is 6.04 Å². The highest BCUT2D eigenvalue weighted by molar-refractivity contribution is 6.32. The fourth-order valence-corrected chi connectivity index (χ4v) is 2.76. The minimum atomic E-state index is -0.687. The topological polar surface area (TPSA) is 64.3 Å². The number of carbonyl (C=O) groups excluding carboxylic acids is 1. The minimum Gasteiger partial charge on any atom is -0.508 e. The number of carbonyl (C=O) groups is 1. The molecular weight excluding hydrogens is 288 g/mol. The maximum absolute atomic E-state index is 12.7. The second-order valence-electron chi connectivity index (χ2n) is 4.86. The van der Waals surface area contributed by atoms with Crippen molar-refractivity contribution in [3.05, 3.63) is 58.1 Å². The van der Waals surface area contributed by atoms with Gasteiger partial charge in [-0.1, -0.05) is 17.7 Å². The van der Waals surface area contributed by atoms with Gasteiger partial charge in [-0.25, -0.2) is 0 Å². The number of benzene rings is 2. The van der Waals surface area contributed by atoms with Gasteiger partial charge in [-0.15, -0.1) is 0 Å². The molecule has 104 valence electrons. The predicted octanol–water partition coefficient (Wildman–Crippen LogP) is 3.58. The van der Waals surface area contributed by atoms with Crippen LogP contribution in [0.1, 0.15) is 27.5 Å². The molecule has 0 saturated carbocycles. The summed E-state index contributed by atoms with van der Waals surface area (Å²) in [6.07, 6.45) is 0. The monoisotopic (exact) mass is 298 g/mol. The average molecular weight is 299 g/mol. The molecule has 2 aromatic carbocycles. The highest BCUT2D eigenvalue weighted by Crippen LogP contribution is 2.40. The number of hydrogen-bond acceptors (Lipinski definition) is 3. The summed E-state index contributed by atoms with van der Waals surface area (Å²) in [5.41, 5.74) is 2.40. The summed E-state index contributed by atoms with van der Waals surface area (Å²) in [6, 6.07) is 11.1. The molecule has 1 amide bonds. The molecule has 2 aromatic rings. The van der Waals surface area contributed by atoms with E-state index in [1.54, 1.807) is 31.2 Å². The van der Waals surface area contributed by atoms with Gasteiger partial charge >= 0.3 is 0 Å². The summed E-state index contributed by atoms with van der Waals surface area (Å²) in [7, 11) is 0. The van der Waals surface area contributed by atoms with Crippen molar-refractivity contribution < 1.29 is 9.90 Å². The number of nitriles is 1. The smallest absolute Gasteiger partial charge is 0.260 e. The predicted molar refractivity (Wildman–Crippen MR) is 79.5 cm³/mol. The standard InChI is InChI=1S/C16H11ClN2O2/c1-9-13(17)7-6-12-14(8-18)19(16(21)15(9)12)10-2-4-11(20)5-3-10/h2-7,14,20H,1H3. The van der Waals surface area contributed by atoms with Crippen molar-refractivity contribution in [1.82, 2.24) is 0 Å². The van der Waals surface area contributed by atoms with Gasteiger partial charge < -0.3 is 5.11 Å². The highest BCUT2D eigenvalue weighted by atomic mass is 35.5. The number of hydrogen-bond donors (Lipinski definition) is 1. The summed E-state index contributed by atoms with van der Waals surface area (Å²) >= 11 is 6.08. The molecule has 3 rings (SSSR count). The van der Waals surface area contributed by atoms with E-state index in [0.717, 1.165) is 0 Å². The third-order valence-electron chi connectivity index (χ3n) is 3.67. The molecule has 0 aromatic heterocycles. The maximum atomic E-state index is 12.7. The Balaban J connectivity index is 2.17. The van der Waals surface area contributed by atoms with Crippen LogP contribution in [-0.4, -0.2) is 11.0 Å². The van der Waals surface area contributed by atoms with Gasteiger partial charge in [-0.2, -0.15) is 5.26 Å². The van der Waals surface area contributed by atoms with Crippen molar-refractivity contribution in [2.45, 2.75) is 13.0 Å². The number of anilines is 1. The Morgan fingerprint density at radius 2 is 1.90 bits per heavy atom. The van der Waals surface area contributed by atoms with Gasteiger partial charge in [-0.3, -0.25) is 9.69 Å². The third kappa shape index (κ3) is 1.94. The molecule has 1 heterocycles. The van der Waals surface area contributed by atoms with E-state index in [-0.39, 0.29) is 11.7 Å². The van der Waals surface area contributed by atoms with Crippen molar-refractivity contribution in [3.8, 4) is 11.8 Å². The van der Waals surface area contributed by atoms with Crippen molar-refractivity contribution in [1.29, 1.82) is 5.26 Å². The molecule has 0 fully saturated rings. The van der Waals surface area contributed by atoms with E-state index < -0.39 is 6.04 Å². The molecule has 1 aliphatic heterocycles. The third-order valence-corrected chi connectivity index (χ3v) is 4.08. The summed E-state index contributed by atoms with van der Waals surface area (Å²) in [4.78, 5) is 14.1. The van der Waals surface area contributed by atoms with Crippen LogP contribution < -0.4 is 4.90 Å². The summed E-state index contributed by atoms with van der Waals surface area (Å²) in [5.74, 6) is -0.141. The zero-order valence-electron chi connectivity index (χ0n) is 11.2. The SMILES string of the molecule is Cc1c(Cl)ccc2c1C(=O)N(c1ccc(O)cc1)C2C#N. The van der Waals surface area contributed by atoms with Crippen LogP contribution in [0.2, 0.25) is 5.02 Å². The first-order chi connectivity index (χ1) is 10.0. The number of nitrogens with zero attached hydrogens (tertiary/aromatic N) is 2. The Morgan fingerprint density at radius 3 is 2.52 bits per heavy atom. The van der Waals surface area contributed by atoms with E-state index in [1.165, 1.54) is 17.0 Å². The van der Waals surface area contributed by atoms with Crippen LogP contribution in [0, 0.1) is 18.3 Å². The molecule has 0 aliphatic carbocycles. The number of rotatable bonds is 1. The van der Waals surface area contributed by atoms with E-state index in [0.29, 0.717) is 27.4 Å². The largest absolute Gasteiger partial charge is 0.508 e. The Bertz CT molecular complexity index is 778. The quantitative estimate of drug-likeness (QED) is 0.875. The van der Waals surface area contributed by atoms with E-state index in [2.05, 4.69) is 6.07 Å². The Kier molecular flexibility index (Phi) is 3.08. The number of phenols is 1. The fourth-order valence-electron chi connectivity index (χ4n) is 2.60. The molecule has 0 bridgehead atoms. The lowest BCUT2D eigenvalue weighted by atomic mass is 10.0. The van der Waals surface area contributed by atoms with Gasteiger partial charge in [0, 0.05) is 16.3 Å². The molecule has 1 N–H and O–H groups in total. The first-order valence-corrected chi connectivity index (χ1v) is 6.73. The molecule has 1 atom stereocenters. The molecule has 5 heteroatoms. The lowest BCUT2D eigenvalue weighted by Gasteiger charge is -2.20. The maximum Gasteiger partial charge on any atom is 0.260 e. The van der Waals surface area contributed by atoms with Gasteiger partial charge in [0.05, 0.1) is 11.6 Å². The number of amides is 1. The van der Waals surface area contributed by atoms with Crippen LogP contribution in [0.5, 0.6) is 5.75 Å². The number of halogens is 1. The van der Waals surface area contributed by atoms with Crippen LogP contribution in [-0.2, 0) is 0 Å². The number of phenolic OH excluding ortho intramolecular Hbond substituents is 1. The zero-order valence-corrected chi connectivity index (χ0v) is 11.9. The molecule has 0 radical (unpaired) electrons. The van der Waals surface area contributed by atoms with Crippen LogP contribution in [0.15, 0.2) is 36.4 Å². The first-order valence-electron chi connectivity index (χ1n) is 6.36. The molecule has 4 nitrogen and oxygen atoms in total. The fraction of sp³-hybridized carbons (Fsp3) is 0.125. The van der Waals surface area contributed by atoms with Crippen molar-refractivity contribution >= 4 is 23.2 Å². The molecule has 21 heavy (non-hydrogen) atoms. The first kappa shape index (κ1) is 13.5. The highest BCUT2D eigenvalue weighted by Gasteiger charge is 2.39. The van der Waals surface area contributed by atoms with Crippen molar-refractivity contribution in [2.24, 2.45) is 0 Å². The molecule has 0 spiro atoms. The molecule has 1 aliphatic rings. The van der Waals surface area contributed by atoms with Crippen molar-refractivity contribution in [2.75, 3.05) is 4.90 Å². The normalized spacial score (nSPS) is 16.7. The van der Waals surface area contributed by atoms with E-state index in [4.69, 9.17) is 11.6 Å². The van der Waals surface area contributed by atoms with Gasteiger partial charge in [0.2, 0.25) is 0 Å². The van der Waals surface area contributed by atoms with E-state index in [9.17, 15) is 15.2 Å². The molecular formula is C16H11ClN2O2. The average Bonchev–Trinajstić information content (AvgIpc) is 2.77. The number of fused-ring (bicyclic) bond motifs is 1. The Hall–Kier alpha value is -2.51. The number of aromatic hydroxyl groups is 1. The van der Waals surface area contributed by atoms with E-state index in [1.807, 2.05) is 0 Å².